The third-order valence-electron chi connectivity index (χ3n) is 4.74. The molecular formula is C18H20O2. The van der Waals surface area contributed by atoms with Crippen LogP contribution in [0, 0.1) is 11.8 Å². The molecular weight excluding hydrogens is 248 g/mol. The number of ketones is 2. The van der Waals surface area contributed by atoms with E-state index in [2.05, 4.69) is 6.08 Å². The van der Waals surface area contributed by atoms with E-state index in [0.717, 1.165) is 31.2 Å². The lowest BCUT2D eigenvalue weighted by molar-refractivity contribution is -0.126. The SMILES string of the molecule is CC(=O)c1ccc(C2=CC[C@H]3C(=O)CCC[C@@H]3C2)cc1. The van der Waals surface area contributed by atoms with Crippen molar-refractivity contribution in [3.05, 3.63) is 41.5 Å². The first-order valence-corrected chi connectivity index (χ1v) is 7.48. The minimum absolute atomic E-state index is 0.104. The van der Waals surface area contributed by atoms with Gasteiger partial charge in [0.05, 0.1) is 0 Å². The molecule has 0 radical (unpaired) electrons. The third kappa shape index (κ3) is 2.47. The number of benzene rings is 1. The van der Waals surface area contributed by atoms with Gasteiger partial charge in [-0.15, -0.1) is 0 Å². The van der Waals surface area contributed by atoms with E-state index in [1.807, 2.05) is 24.3 Å². The summed E-state index contributed by atoms with van der Waals surface area (Å²) >= 11 is 0. The van der Waals surface area contributed by atoms with Crippen molar-refractivity contribution in [2.45, 2.75) is 39.0 Å². The lowest BCUT2D eigenvalue weighted by atomic mass is 9.70. The van der Waals surface area contributed by atoms with Gasteiger partial charge in [-0.05, 0) is 49.7 Å². The Balaban J connectivity index is 1.81. The fraction of sp³-hybridized carbons (Fsp3) is 0.444. The molecule has 2 aliphatic carbocycles. The van der Waals surface area contributed by atoms with Crippen LogP contribution in [-0.2, 0) is 4.79 Å². The van der Waals surface area contributed by atoms with Crippen LogP contribution in [0.3, 0.4) is 0 Å². The molecule has 20 heavy (non-hydrogen) atoms. The van der Waals surface area contributed by atoms with E-state index in [1.165, 1.54) is 17.6 Å². The summed E-state index contributed by atoms with van der Waals surface area (Å²) in [5.41, 5.74) is 3.30. The molecule has 0 aromatic heterocycles. The molecule has 2 atom stereocenters. The summed E-state index contributed by atoms with van der Waals surface area (Å²) in [5, 5.41) is 0. The van der Waals surface area contributed by atoms with Crippen molar-refractivity contribution in [2.75, 3.05) is 0 Å². The van der Waals surface area contributed by atoms with E-state index in [1.54, 1.807) is 6.92 Å². The maximum absolute atomic E-state index is 11.9. The molecule has 104 valence electrons. The Hall–Kier alpha value is -1.70. The molecule has 0 aliphatic heterocycles. The number of hydrogen-bond acceptors (Lipinski definition) is 2. The van der Waals surface area contributed by atoms with Gasteiger partial charge in [0.1, 0.15) is 5.78 Å². The third-order valence-corrected chi connectivity index (χ3v) is 4.74. The molecule has 2 heteroatoms. The molecule has 0 heterocycles. The van der Waals surface area contributed by atoms with E-state index in [0.29, 0.717) is 11.7 Å². The second-order valence-corrected chi connectivity index (χ2v) is 6.03. The van der Waals surface area contributed by atoms with Crippen LogP contribution in [0.5, 0.6) is 0 Å². The predicted molar refractivity (Wildman–Crippen MR) is 79.5 cm³/mol. The molecule has 0 saturated heterocycles. The van der Waals surface area contributed by atoms with Crippen LogP contribution >= 0.6 is 0 Å². The fourth-order valence-electron chi connectivity index (χ4n) is 3.55. The number of Topliss-reactive ketones (excluding diaryl/α,β-unsaturated/α-hetero) is 2. The predicted octanol–water partition coefficient (Wildman–Crippen LogP) is 4.05. The van der Waals surface area contributed by atoms with Gasteiger partial charge >= 0.3 is 0 Å². The minimum Gasteiger partial charge on any atom is -0.299 e. The van der Waals surface area contributed by atoms with Gasteiger partial charge in [0.25, 0.3) is 0 Å². The van der Waals surface area contributed by atoms with Crippen LogP contribution in [0.15, 0.2) is 30.3 Å². The van der Waals surface area contributed by atoms with E-state index >= 15 is 0 Å². The smallest absolute Gasteiger partial charge is 0.159 e. The average Bonchev–Trinajstić information content (AvgIpc) is 2.47. The Morgan fingerprint density at radius 3 is 2.65 bits per heavy atom. The largest absolute Gasteiger partial charge is 0.299 e. The van der Waals surface area contributed by atoms with Crippen LogP contribution in [0.4, 0.5) is 0 Å². The molecule has 1 aromatic rings. The van der Waals surface area contributed by atoms with E-state index in [4.69, 9.17) is 0 Å². The second-order valence-electron chi connectivity index (χ2n) is 6.03. The Morgan fingerprint density at radius 1 is 1.20 bits per heavy atom. The monoisotopic (exact) mass is 268 g/mol. The van der Waals surface area contributed by atoms with Gasteiger partial charge in [0, 0.05) is 17.9 Å². The summed E-state index contributed by atoms with van der Waals surface area (Å²) in [4.78, 5) is 23.2. The number of allylic oxidation sites excluding steroid dienone is 2. The first-order chi connectivity index (χ1) is 9.65. The molecule has 3 rings (SSSR count). The molecule has 0 unspecified atom stereocenters. The van der Waals surface area contributed by atoms with E-state index < -0.39 is 0 Å². The zero-order valence-electron chi connectivity index (χ0n) is 11.9. The molecule has 2 aliphatic rings. The van der Waals surface area contributed by atoms with Crippen molar-refractivity contribution < 1.29 is 9.59 Å². The van der Waals surface area contributed by atoms with Gasteiger partial charge in [-0.1, -0.05) is 30.3 Å². The highest BCUT2D eigenvalue weighted by Gasteiger charge is 2.33. The van der Waals surface area contributed by atoms with Gasteiger partial charge in [-0.3, -0.25) is 9.59 Å². The van der Waals surface area contributed by atoms with Crippen LogP contribution in [-0.4, -0.2) is 11.6 Å². The lowest BCUT2D eigenvalue weighted by Gasteiger charge is -2.34. The number of carbonyl (C=O) groups excluding carboxylic acids is 2. The van der Waals surface area contributed by atoms with Crippen molar-refractivity contribution in [1.29, 1.82) is 0 Å². The Kier molecular flexibility index (Phi) is 3.56. The van der Waals surface area contributed by atoms with Crippen LogP contribution in [0.1, 0.15) is 54.9 Å². The Bertz CT molecular complexity index is 566. The first kappa shape index (κ1) is 13.3. The van der Waals surface area contributed by atoms with E-state index in [9.17, 15) is 9.59 Å². The van der Waals surface area contributed by atoms with Gasteiger partial charge < -0.3 is 0 Å². The van der Waals surface area contributed by atoms with Crippen molar-refractivity contribution in [2.24, 2.45) is 11.8 Å². The Morgan fingerprint density at radius 2 is 1.95 bits per heavy atom. The highest BCUT2D eigenvalue weighted by molar-refractivity contribution is 5.94. The molecule has 0 spiro atoms. The number of fused-ring (bicyclic) bond motifs is 1. The summed E-state index contributed by atoms with van der Waals surface area (Å²) < 4.78 is 0. The van der Waals surface area contributed by atoms with Gasteiger partial charge in [-0.25, -0.2) is 0 Å². The maximum Gasteiger partial charge on any atom is 0.159 e. The normalized spacial score (nSPS) is 25.9. The molecule has 0 N–H and O–H groups in total. The summed E-state index contributed by atoms with van der Waals surface area (Å²) in [6, 6.07) is 7.87. The van der Waals surface area contributed by atoms with Crippen molar-refractivity contribution >= 4 is 17.1 Å². The molecule has 0 amide bonds. The summed E-state index contributed by atoms with van der Waals surface area (Å²) in [6.45, 7) is 1.59. The fourth-order valence-corrected chi connectivity index (χ4v) is 3.55. The van der Waals surface area contributed by atoms with Crippen LogP contribution in [0.2, 0.25) is 0 Å². The quantitative estimate of drug-likeness (QED) is 0.758. The van der Waals surface area contributed by atoms with Crippen LogP contribution < -0.4 is 0 Å². The van der Waals surface area contributed by atoms with Crippen LogP contribution in [0.25, 0.3) is 5.57 Å². The molecule has 1 saturated carbocycles. The molecule has 1 fully saturated rings. The maximum atomic E-state index is 11.9. The second kappa shape index (κ2) is 5.35. The standard InChI is InChI=1S/C18H20O2/c1-12(19)13-5-7-14(8-6-13)15-9-10-17-16(11-15)3-2-4-18(17)20/h5-9,16-17H,2-4,10-11H2,1H3/t16-,17-/m1/s1. The van der Waals surface area contributed by atoms with Gasteiger partial charge in [0.15, 0.2) is 5.78 Å². The van der Waals surface area contributed by atoms with Crippen molar-refractivity contribution in [1.82, 2.24) is 0 Å². The van der Waals surface area contributed by atoms with Gasteiger partial charge in [-0.2, -0.15) is 0 Å². The zero-order valence-corrected chi connectivity index (χ0v) is 11.9. The van der Waals surface area contributed by atoms with Gasteiger partial charge in [0.2, 0.25) is 0 Å². The van der Waals surface area contributed by atoms with Crippen molar-refractivity contribution in [3.8, 4) is 0 Å². The number of carbonyl (C=O) groups is 2. The number of hydrogen-bond donors (Lipinski definition) is 0. The highest BCUT2D eigenvalue weighted by Crippen LogP contribution is 2.41. The molecule has 0 bridgehead atoms. The average molecular weight is 268 g/mol. The summed E-state index contributed by atoms with van der Waals surface area (Å²) in [7, 11) is 0. The van der Waals surface area contributed by atoms with Crippen molar-refractivity contribution in [3.63, 3.8) is 0 Å². The molecule has 1 aromatic carbocycles. The topological polar surface area (TPSA) is 34.1 Å². The highest BCUT2D eigenvalue weighted by atomic mass is 16.1. The lowest BCUT2D eigenvalue weighted by Crippen LogP contribution is -2.30. The zero-order chi connectivity index (χ0) is 14.1. The molecule has 2 nitrogen and oxygen atoms in total. The minimum atomic E-state index is 0.104. The first-order valence-electron chi connectivity index (χ1n) is 7.48. The number of rotatable bonds is 2. The summed E-state index contributed by atoms with van der Waals surface area (Å²) in [5.74, 6) is 1.36. The summed E-state index contributed by atoms with van der Waals surface area (Å²) in [6.07, 6.45) is 7.14. The Labute approximate surface area is 119 Å². The van der Waals surface area contributed by atoms with E-state index in [-0.39, 0.29) is 11.7 Å².